The molecule has 4 nitrogen and oxygen atoms in total. The van der Waals surface area contributed by atoms with Crippen LogP contribution in [0.1, 0.15) is 12.8 Å². The molecule has 5 heteroatoms. The fraction of sp³-hybridized carbons (Fsp3) is 0.778. The summed E-state index contributed by atoms with van der Waals surface area (Å²) >= 11 is 0. The summed E-state index contributed by atoms with van der Waals surface area (Å²) in [5.41, 5.74) is 0. The van der Waals surface area contributed by atoms with Crippen molar-refractivity contribution < 1.29 is 8.42 Å². The molecule has 1 atom stereocenters. The first kappa shape index (κ1) is 11.5. The molecule has 2 N–H and O–H groups in total. The van der Waals surface area contributed by atoms with E-state index >= 15 is 0 Å². The molecule has 1 aliphatic rings. The zero-order valence-electron chi connectivity index (χ0n) is 8.12. The summed E-state index contributed by atoms with van der Waals surface area (Å²) in [6.45, 7) is 1.87. The molecule has 0 aromatic rings. The fourth-order valence-electron chi connectivity index (χ4n) is 1.59. The minimum absolute atomic E-state index is 0.0858. The van der Waals surface area contributed by atoms with E-state index in [-0.39, 0.29) is 18.2 Å². The SMILES string of the molecule is C#CCNS(=O)(=O)CC1CCCNC1. The molecule has 0 aromatic heterocycles. The number of sulfonamides is 1. The third-order valence-electron chi connectivity index (χ3n) is 2.25. The second-order valence-corrected chi connectivity index (χ2v) is 5.37. The first-order valence-electron chi connectivity index (χ1n) is 4.75. The molecule has 14 heavy (non-hydrogen) atoms. The lowest BCUT2D eigenvalue weighted by Gasteiger charge is -2.22. The lowest BCUT2D eigenvalue weighted by atomic mass is 10.0. The third-order valence-corrected chi connectivity index (χ3v) is 3.74. The molecule has 0 saturated carbocycles. The number of hydrogen-bond acceptors (Lipinski definition) is 3. The van der Waals surface area contributed by atoms with Crippen molar-refractivity contribution >= 4 is 10.0 Å². The Morgan fingerprint density at radius 2 is 2.36 bits per heavy atom. The highest BCUT2D eigenvalue weighted by atomic mass is 32.2. The van der Waals surface area contributed by atoms with E-state index in [1.165, 1.54) is 0 Å². The maximum absolute atomic E-state index is 11.4. The van der Waals surface area contributed by atoms with Crippen molar-refractivity contribution in [2.24, 2.45) is 5.92 Å². The van der Waals surface area contributed by atoms with Gasteiger partial charge >= 0.3 is 0 Å². The van der Waals surface area contributed by atoms with E-state index < -0.39 is 10.0 Å². The smallest absolute Gasteiger partial charge is 0.212 e. The van der Waals surface area contributed by atoms with Crippen molar-refractivity contribution in [1.29, 1.82) is 0 Å². The van der Waals surface area contributed by atoms with Crippen molar-refractivity contribution in [2.75, 3.05) is 25.4 Å². The number of nitrogens with one attached hydrogen (secondary N) is 2. The number of hydrogen-bond donors (Lipinski definition) is 2. The van der Waals surface area contributed by atoms with Gasteiger partial charge in [-0.3, -0.25) is 0 Å². The first-order valence-corrected chi connectivity index (χ1v) is 6.41. The predicted molar refractivity (Wildman–Crippen MR) is 56.2 cm³/mol. The lowest BCUT2D eigenvalue weighted by molar-refractivity contribution is 0.403. The van der Waals surface area contributed by atoms with Crippen LogP contribution in [0.15, 0.2) is 0 Å². The monoisotopic (exact) mass is 216 g/mol. The Labute approximate surface area is 85.5 Å². The van der Waals surface area contributed by atoms with Crippen molar-refractivity contribution in [3.05, 3.63) is 0 Å². The van der Waals surface area contributed by atoms with E-state index in [0.717, 1.165) is 25.9 Å². The van der Waals surface area contributed by atoms with Gasteiger partial charge in [0.25, 0.3) is 0 Å². The van der Waals surface area contributed by atoms with Crippen LogP contribution >= 0.6 is 0 Å². The molecular weight excluding hydrogens is 200 g/mol. The van der Waals surface area contributed by atoms with Crippen LogP contribution in [0.3, 0.4) is 0 Å². The Bertz CT molecular complexity index is 299. The number of terminal acetylenes is 1. The summed E-state index contributed by atoms with van der Waals surface area (Å²) in [7, 11) is -3.18. The van der Waals surface area contributed by atoms with Gasteiger partial charge in [0.2, 0.25) is 10.0 Å². The van der Waals surface area contributed by atoms with Gasteiger partial charge in [-0.05, 0) is 31.8 Å². The van der Waals surface area contributed by atoms with Crippen LogP contribution in [0.4, 0.5) is 0 Å². The summed E-state index contributed by atoms with van der Waals surface area (Å²) in [5.74, 6) is 2.66. The highest BCUT2D eigenvalue weighted by Crippen LogP contribution is 2.11. The molecule has 1 saturated heterocycles. The zero-order valence-corrected chi connectivity index (χ0v) is 8.94. The molecular formula is C9H16N2O2S. The molecule has 1 rings (SSSR count). The van der Waals surface area contributed by atoms with Gasteiger partial charge in [0, 0.05) is 0 Å². The van der Waals surface area contributed by atoms with Crippen molar-refractivity contribution in [1.82, 2.24) is 10.0 Å². The predicted octanol–water partition coefficient (Wildman–Crippen LogP) is -0.461. The normalized spacial score (nSPS) is 22.9. The third kappa shape index (κ3) is 4.09. The van der Waals surface area contributed by atoms with E-state index in [2.05, 4.69) is 16.0 Å². The number of rotatable bonds is 4. The van der Waals surface area contributed by atoms with Crippen LogP contribution in [0.5, 0.6) is 0 Å². The van der Waals surface area contributed by atoms with Gasteiger partial charge in [0.05, 0.1) is 12.3 Å². The molecule has 80 valence electrons. The van der Waals surface area contributed by atoms with Gasteiger partial charge in [-0.1, -0.05) is 5.92 Å². The van der Waals surface area contributed by atoms with Crippen LogP contribution in [0.2, 0.25) is 0 Å². The summed E-state index contributed by atoms with van der Waals surface area (Å²) in [6.07, 6.45) is 7.01. The van der Waals surface area contributed by atoms with Gasteiger partial charge in [-0.25, -0.2) is 13.1 Å². The summed E-state index contributed by atoms with van der Waals surface area (Å²) in [6, 6.07) is 0. The quantitative estimate of drug-likeness (QED) is 0.625. The molecule has 0 amide bonds. The Hall–Kier alpha value is -0.570. The zero-order chi connectivity index (χ0) is 10.4. The van der Waals surface area contributed by atoms with Crippen LogP contribution in [0.25, 0.3) is 0 Å². The molecule has 0 radical (unpaired) electrons. The van der Waals surface area contributed by atoms with Gasteiger partial charge in [0.1, 0.15) is 0 Å². The van der Waals surface area contributed by atoms with Crippen molar-refractivity contribution in [2.45, 2.75) is 12.8 Å². The molecule has 1 aliphatic heterocycles. The molecule has 1 fully saturated rings. The summed E-state index contributed by atoms with van der Waals surface area (Å²) in [5, 5.41) is 3.18. The first-order chi connectivity index (χ1) is 6.64. The summed E-state index contributed by atoms with van der Waals surface area (Å²) in [4.78, 5) is 0. The highest BCUT2D eigenvalue weighted by molar-refractivity contribution is 7.89. The molecule has 0 spiro atoms. The van der Waals surface area contributed by atoms with Gasteiger partial charge in [-0.2, -0.15) is 0 Å². The van der Waals surface area contributed by atoms with E-state index in [1.807, 2.05) is 0 Å². The summed E-state index contributed by atoms with van der Waals surface area (Å²) < 4.78 is 25.2. The molecule has 0 bridgehead atoms. The van der Waals surface area contributed by atoms with E-state index in [9.17, 15) is 8.42 Å². The van der Waals surface area contributed by atoms with Crippen LogP contribution in [-0.4, -0.2) is 33.8 Å². The van der Waals surface area contributed by atoms with Crippen molar-refractivity contribution in [3.63, 3.8) is 0 Å². The van der Waals surface area contributed by atoms with E-state index in [0.29, 0.717) is 0 Å². The van der Waals surface area contributed by atoms with Crippen LogP contribution < -0.4 is 10.0 Å². The average Bonchev–Trinajstić information content (AvgIpc) is 2.16. The maximum Gasteiger partial charge on any atom is 0.212 e. The minimum Gasteiger partial charge on any atom is -0.316 e. The standard InChI is InChI=1S/C9H16N2O2S/c1-2-5-11-14(12,13)8-9-4-3-6-10-7-9/h1,9-11H,3-8H2. The second kappa shape index (κ2) is 5.35. The fourth-order valence-corrected chi connectivity index (χ4v) is 2.91. The largest absolute Gasteiger partial charge is 0.316 e. The Morgan fingerprint density at radius 3 is 2.93 bits per heavy atom. The second-order valence-electron chi connectivity index (χ2n) is 3.52. The Balaban J connectivity index is 2.38. The topological polar surface area (TPSA) is 58.2 Å². The van der Waals surface area contributed by atoms with Gasteiger partial charge < -0.3 is 5.32 Å². The molecule has 0 aromatic carbocycles. The van der Waals surface area contributed by atoms with Crippen LogP contribution in [0, 0.1) is 18.3 Å². The van der Waals surface area contributed by atoms with Gasteiger partial charge in [0.15, 0.2) is 0 Å². The molecule has 1 unspecified atom stereocenters. The Morgan fingerprint density at radius 1 is 1.57 bits per heavy atom. The van der Waals surface area contributed by atoms with Crippen LogP contribution in [-0.2, 0) is 10.0 Å². The van der Waals surface area contributed by atoms with E-state index in [1.54, 1.807) is 0 Å². The molecule has 0 aliphatic carbocycles. The maximum atomic E-state index is 11.4. The lowest BCUT2D eigenvalue weighted by Crippen LogP contribution is -2.37. The Kier molecular flexibility index (Phi) is 4.39. The average molecular weight is 216 g/mol. The molecule has 1 heterocycles. The minimum atomic E-state index is -3.18. The van der Waals surface area contributed by atoms with Gasteiger partial charge in [-0.15, -0.1) is 6.42 Å². The highest BCUT2D eigenvalue weighted by Gasteiger charge is 2.20. The van der Waals surface area contributed by atoms with Crippen molar-refractivity contribution in [3.8, 4) is 12.3 Å². The van der Waals surface area contributed by atoms with E-state index in [4.69, 9.17) is 6.42 Å². The number of piperidine rings is 1.